The van der Waals surface area contributed by atoms with Gasteiger partial charge in [0.2, 0.25) is 0 Å². The number of rotatable bonds is 2. The molecule has 5 heteroatoms. The van der Waals surface area contributed by atoms with Crippen LogP contribution in [0.1, 0.15) is 10.4 Å². The molecule has 2 rings (SSSR count). The second-order valence-electron chi connectivity index (χ2n) is 3.27. The minimum absolute atomic E-state index is 0.212. The van der Waals surface area contributed by atoms with Crippen LogP contribution in [0.15, 0.2) is 42.6 Å². The van der Waals surface area contributed by atoms with E-state index in [2.05, 4.69) is 32.9 Å². The van der Waals surface area contributed by atoms with Crippen molar-refractivity contribution in [2.45, 2.75) is 0 Å². The molecule has 1 heterocycles. The van der Waals surface area contributed by atoms with Crippen LogP contribution in [0, 0.1) is 3.57 Å². The summed E-state index contributed by atoms with van der Waals surface area (Å²) >= 11 is 8.03. The monoisotopic (exact) mass is 358 g/mol. The molecule has 0 aliphatic carbocycles. The Hall–Kier alpha value is -1.14. The second kappa shape index (κ2) is 5.46. The summed E-state index contributed by atoms with van der Waals surface area (Å²) < 4.78 is 0.884. The third-order valence-corrected chi connectivity index (χ3v) is 3.35. The number of hydrogen-bond acceptors (Lipinski definition) is 2. The summed E-state index contributed by atoms with van der Waals surface area (Å²) in [4.78, 5) is 16.0. The lowest BCUT2D eigenvalue weighted by molar-refractivity contribution is 0.102. The van der Waals surface area contributed by atoms with E-state index in [0.29, 0.717) is 16.4 Å². The summed E-state index contributed by atoms with van der Waals surface area (Å²) in [5.74, 6) is 0.161. The fourth-order valence-corrected chi connectivity index (χ4v) is 2.10. The van der Waals surface area contributed by atoms with Gasteiger partial charge in [0.1, 0.15) is 0 Å². The van der Waals surface area contributed by atoms with Gasteiger partial charge in [-0.15, -0.1) is 0 Å². The van der Waals surface area contributed by atoms with Gasteiger partial charge in [0.15, 0.2) is 5.82 Å². The minimum atomic E-state index is -0.212. The largest absolute Gasteiger partial charge is 0.305 e. The zero-order valence-corrected chi connectivity index (χ0v) is 11.6. The van der Waals surface area contributed by atoms with E-state index < -0.39 is 0 Å². The smallest absolute Gasteiger partial charge is 0.257 e. The molecular weight excluding hydrogens is 351 g/mol. The normalized spacial score (nSPS) is 10.0. The molecule has 3 nitrogen and oxygen atoms in total. The lowest BCUT2D eigenvalue weighted by Crippen LogP contribution is -2.14. The molecule has 0 aliphatic rings. The Balaban J connectivity index is 2.24. The Kier molecular flexibility index (Phi) is 3.96. The molecule has 0 atom stereocenters. The van der Waals surface area contributed by atoms with E-state index in [-0.39, 0.29) is 5.91 Å². The van der Waals surface area contributed by atoms with Crippen LogP contribution in [0.3, 0.4) is 0 Å². The number of carbonyl (C=O) groups excluding carboxylic acids is 1. The Morgan fingerprint density at radius 2 is 2.00 bits per heavy atom. The quantitative estimate of drug-likeness (QED) is 0.834. The summed E-state index contributed by atoms with van der Waals surface area (Å²) in [7, 11) is 0. The highest BCUT2D eigenvalue weighted by Gasteiger charge is 2.11. The van der Waals surface area contributed by atoms with Crippen LogP contribution in [0.2, 0.25) is 5.02 Å². The summed E-state index contributed by atoms with van der Waals surface area (Å²) in [5, 5.41) is 3.10. The molecule has 17 heavy (non-hydrogen) atoms. The van der Waals surface area contributed by atoms with Crippen LogP contribution >= 0.6 is 34.2 Å². The highest BCUT2D eigenvalue weighted by molar-refractivity contribution is 14.1. The van der Waals surface area contributed by atoms with E-state index >= 15 is 0 Å². The number of carbonyl (C=O) groups is 1. The minimum Gasteiger partial charge on any atom is -0.305 e. The van der Waals surface area contributed by atoms with Crippen LogP contribution in [0.4, 0.5) is 5.82 Å². The Morgan fingerprint density at radius 3 is 2.71 bits per heavy atom. The lowest BCUT2D eigenvalue weighted by Gasteiger charge is -2.06. The second-order valence-corrected chi connectivity index (χ2v) is 4.84. The summed E-state index contributed by atoms with van der Waals surface area (Å²) in [6.45, 7) is 0. The van der Waals surface area contributed by atoms with Crippen LogP contribution in [0.5, 0.6) is 0 Å². The van der Waals surface area contributed by atoms with Crippen molar-refractivity contribution in [2.24, 2.45) is 0 Å². The maximum Gasteiger partial charge on any atom is 0.257 e. The topological polar surface area (TPSA) is 42.0 Å². The van der Waals surface area contributed by atoms with Gasteiger partial charge in [0, 0.05) is 9.77 Å². The van der Waals surface area contributed by atoms with Gasteiger partial charge in [-0.25, -0.2) is 4.98 Å². The number of amides is 1. The lowest BCUT2D eigenvalue weighted by atomic mass is 10.2. The third kappa shape index (κ3) is 2.95. The molecule has 1 amide bonds. The van der Waals surface area contributed by atoms with Gasteiger partial charge in [0.25, 0.3) is 5.91 Å². The van der Waals surface area contributed by atoms with Crippen molar-refractivity contribution in [1.29, 1.82) is 0 Å². The number of nitrogens with zero attached hydrogens (tertiary/aromatic N) is 1. The summed E-state index contributed by atoms with van der Waals surface area (Å²) in [5.41, 5.74) is 0.606. The maximum absolute atomic E-state index is 12.0. The van der Waals surface area contributed by atoms with Crippen molar-refractivity contribution in [3.8, 4) is 0 Å². The van der Waals surface area contributed by atoms with Gasteiger partial charge in [-0.1, -0.05) is 23.7 Å². The van der Waals surface area contributed by atoms with Crippen molar-refractivity contribution in [2.75, 3.05) is 5.32 Å². The van der Waals surface area contributed by atoms with Crippen LogP contribution in [0.25, 0.3) is 0 Å². The van der Waals surface area contributed by atoms with Crippen LogP contribution < -0.4 is 5.32 Å². The van der Waals surface area contributed by atoms with E-state index in [0.717, 1.165) is 3.57 Å². The predicted octanol–water partition coefficient (Wildman–Crippen LogP) is 3.59. The number of aromatic nitrogens is 1. The van der Waals surface area contributed by atoms with E-state index in [9.17, 15) is 4.79 Å². The van der Waals surface area contributed by atoms with Crippen molar-refractivity contribution >= 4 is 45.9 Å². The number of halogens is 2. The van der Waals surface area contributed by atoms with Crippen molar-refractivity contribution in [1.82, 2.24) is 4.98 Å². The molecular formula is C12H8ClIN2O. The number of nitrogens with one attached hydrogen (secondary N) is 1. The van der Waals surface area contributed by atoms with Crippen molar-refractivity contribution < 1.29 is 4.79 Å². The average molecular weight is 359 g/mol. The van der Waals surface area contributed by atoms with Gasteiger partial charge in [-0.3, -0.25) is 4.79 Å². The van der Waals surface area contributed by atoms with E-state index in [4.69, 9.17) is 11.6 Å². The summed E-state index contributed by atoms with van der Waals surface area (Å²) in [6.07, 6.45) is 1.58. The molecule has 1 N–H and O–H groups in total. The van der Waals surface area contributed by atoms with Gasteiger partial charge < -0.3 is 5.32 Å². The van der Waals surface area contributed by atoms with Crippen molar-refractivity contribution in [3.63, 3.8) is 0 Å². The molecule has 1 aromatic heterocycles. The summed E-state index contributed by atoms with van der Waals surface area (Å²) in [6, 6.07) is 10.7. The highest BCUT2D eigenvalue weighted by atomic mass is 127. The molecule has 0 spiro atoms. The Bertz CT molecular complexity index is 560. The Labute approximate surface area is 117 Å². The van der Waals surface area contributed by atoms with Gasteiger partial charge in [-0.2, -0.15) is 0 Å². The fourth-order valence-electron chi connectivity index (χ4n) is 1.30. The first kappa shape index (κ1) is 12.3. The molecule has 0 saturated carbocycles. The van der Waals surface area contributed by atoms with Crippen LogP contribution in [-0.4, -0.2) is 10.9 Å². The molecule has 0 radical (unpaired) electrons. The standard InChI is InChI=1S/C12H8ClIN2O/c13-9-5-3-7-15-11(9)16-12(17)8-4-1-2-6-10(8)14/h1-7H,(H,15,16,17). The molecule has 0 fully saturated rings. The Morgan fingerprint density at radius 1 is 1.24 bits per heavy atom. The number of hydrogen-bond donors (Lipinski definition) is 1. The fraction of sp³-hybridized carbons (Fsp3) is 0. The van der Waals surface area contributed by atoms with E-state index in [1.165, 1.54) is 0 Å². The average Bonchev–Trinajstić information content (AvgIpc) is 2.32. The van der Waals surface area contributed by atoms with Gasteiger partial charge >= 0.3 is 0 Å². The number of pyridine rings is 1. The van der Waals surface area contributed by atoms with Gasteiger partial charge in [0.05, 0.1) is 10.6 Å². The molecule has 0 bridgehead atoms. The van der Waals surface area contributed by atoms with E-state index in [1.54, 1.807) is 24.4 Å². The first-order chi connectivity index (χ1) is 8.18. The molecule has 0 unspecified atom stereocenters. The van der Waals surface area contributed by atoms with Crippen molar-refractivity contribution in [3.05, 3.63) is 56.8 Å². The molecule has 0 aliphatic heterocycles. The first-order valence-electron chi connectivity index (χ1n) is 4.85. The van der Waals surface area contributed by atoms with Crippen LogP contribution in [-0.2, 0) is 0 Å². The zero-order chi connectivity index (χ0) is 12.3. The van der Waals surface area contributed by atoms with E-state index in [1.807, 2.05) is 18.2 Å². The number of anilines is 1. The maximum atomic E-state index is 12.0. The molecule has 2 aromatic rings. The first-order valence-corrected chi connectivity index (χ1v) is 6.30. The predicted molar refractivity (Wildman–Crippen MR) is 76.4 cm³/mol. The molecule has 1 aromatic carbocycles. The zero-order valence-electron chi connectivity index (χ0n) is 8.65. The third-order valence-electron chi connectivity index (χ3n) is 2.11. The highest BCUT2D eigenvalue weighted by Crippen LogP contribution is 2.19. The SMILES string of the molecule is O=C(Nc1ncccc1Cl)c1ccccc1I. The number of benzene rings is 1. The van der Waals surface area contributed by atoms with Gasteiger partial charge in [-0.05, 0) is 46.9 Å². The molecule has 86 valence electrons. The molecule has 0 saturated heterocycles.